The normalized spacial score (nSPS) is 11.2. The summed E-state index contributed by atoms with van der Waals surface area (Å²) in [5.74, 6) is 0. The van der Waals surface area contributed by atoms with Gasteiger partial charge in [0.15, 0.2) is 0 Å². The molecule has 3 rings (SSSR count). The van der Waals surface area contributed by atoms with Gasteiger partial charge in [-0.1, -0.05) is 50.9 Å². The molecule has 0 saturated carbocycles. The number of thiophene rings is 1. The van der Waals surface area contributed by atoms with E-state index >= 15 is 0 Å². The number of hydrogen-bond donors (Lipinski definition) is 0. The molecule has 0 amide bonds. The molecule has 0 N–H and O–H groups in total. The van der Waals surface area contributed by atoms with E-state index in [4.69, 9.17) is 11.6 Å². The third kappa shape index (κ3) is 2.18. The highest BCUT2D eigenvalue weighted by molar-refractivity contribution is 9.08. The van der Waals surface area contributed by atoms with Crippen LogP contribution in [0.4, 0.5) is 0 Å². The van der Waals surface area contributed by atoms with Crippen LogP contribution in [0.3, 0.4) is 0 Å². The number of aromatic nitrogens is 3. The minimum Gasteiger partial charge on any atom is -0.247 e. The Kier molecular flexibility index (Phi) is 3.37. The fourth-order valence-corrected chi connectivity index (χ4v) is 3.53. The zero-order chi connectivity index (χ0) is 12.5. The third-order valence-corrected chi connectivity index (χ3v) is 4.90. The highest BCUT2D eigenvalue weighted by Gasteiger charge is 2.11. The lowest BCUT2D eigenvalue weighted by Gasteiger charge is -1.97. The molecule has 3 nitrogen and oxygen atoms in total. The van der Waals surface area contributed by atoms with Gasteiger partial charge in [0.05, 0.1) is 17.3 Å². The fourth-order valence-electron chi connectivity index (χ4n) is 1.79. The van der Waals surface area contributed by atoms with E-state index in [0.29, 0.717) is 11.9 Å². The molecule has 92 valence electrons. The van der Waals surface area contributed by atoms with E-state index < -0.39 is 0 Å². The predicted octanol–water partition coefficient (Wildman–Crippen LogP) is 4.09. The van der Waals surface area contributed by atoms with Crippen LogP contribution in [0.2, 0.25) is 5.02 Å². The molecular weight excluding hydrogens is 334 g/mol. The molecule has 0 unspecified atom stereocenters. The average molecular weight is 343 g/mol. The molecular formula is C12H9BrClN3S. The van der Waals surface area contributed by atoms with E-state index in [1.807, 2.05) is 29.1 Å². The van der Waals surface area contributed by atoms with Crippen molar-refractivity contribution in [2.75, 3.05) is 0 Å². The molecule has 0 atom stereocenters. The Morgan fingerprint density at radius 3 is 2.89 bits per heavy atom. The van der Waals surface area contributed by atoms with Crippen LogP contribution in [-0.2, 0) is 11.9 Å². The Labute approximate surface area is 122 Å². The monoisotopic (exact) mass is 341 g/mol. The van der Waals surface area contributed by atoms with Gasteiger partial charge in [-0.3, -0.25) is 0 Å². The van der Waals surface area contributed by atoms with Crippen molar-refractivity contribution in [3.8, 4) is 0 Å². The molecule has 18 heavy (non-hydrogen) atoms. The van der Waals surface area contributed by atoms with Crippen molar-refractivity contribution < 1.29 is 0 Å². The zero-order valence-corrected chi connectivity index (χ0v) is 12.5. The van der Waals surface area contributed by atoms with Crippen molar-refractivity contribution in [3.63, 3.8) is 0 Å². The number of nitrogens with zero attached hydrogens (tertiary/aromatic N) is 3. The molecule has 0 aliphatic carbocycles. The highest BCUT2D eigenvalue weighted by atomic mass is 79.9. The van der Waals surface area contributed by atoms with Crippen molar-refractivity contribution in [2.45, 2.75) is 11.9 Å². The SMILES string of the molecule is Clc1c(Cn2cc(CBr)nn2)sc2ccccc12. The number of fused-ring (bicyclic) bond motifs is 1. The maximum Gasteiger partial charge on any atom is 0.0932 e. The third-order valence-electron chi connectivity index (χ3n) is 2.63. The molecule has 0 aliphatic heterocycles. The minimum atomic E-state index is 0.665. The van der Waals surface area contributed by atoms with Crippen molar-refractivity contribution in [2.24, 2.45) is 0 Å². The van der Waals surface area contributed by atoms with E-state index in [1.165, 1.54) is 4.70 Å². The molecule has 6 heteroatoms. The zero-order valence-electron chi connectivity index (χ0n) is 9.31. The van der Waals surface area contributed by atoms with Gasteiger partial charge < -0.3 is 0 Å². The van der Waals surface area contributed by atoms with Gasteiger partial charge in [0.1, 0.15) is 0 Å². The summed E-state index contributed by atoms with van der Waals surface area (Å²) in [6.45, 7) is 0.665. The summed E-state index contributed by atoms with van der Waals surface area (Å²) in [7, 11) is 0. The molecule has 1 aromatic carbocycles. The van der Waals surface area contributed by atoms with Crippen molar-refractivity contribution in [1.29, 1.82) is 0 Å². The lowest BCUT2D eigenvalue weighted by atomic mass is 10.2. The lowest BCUT2D eigenvalue weighted by molar-refractivity contribution is 0.656. The Bertz CT molecular complexity index is 692. The van der Waals surface area contributed by atoms with Gasteiger partial charge in [-0.25, -0.2) is 4.68 Å². The Balaban J connectivity index is 1.97. The summed E-state index contributed by atoms with van der Waals surface area (Å²) in [5, 5.41) is 10.8. The van der Waals surface area contributed by atoms with Crippen LogP contribution >= 0.6 is 38.9 Å². The van der Waals surface area contributed by atoms with Gasteiger partial charge in [-0.05, 0) is 6.07 Å². The minimum absolute atomic E-state index is 0.665. The van der Waals surface area contributed by atoms with Crippen molar-refractivity contribution in [1.82, 2.24) is 15.0 Å². The molecule has 2 aromatic heterocycles. The van der Waals surface area contributed by atoms with Gasteiger partial charge in [0, 0.05) is 26.5 Å². The van der Waals surface area contributed by atoms with Gasteiger partial charge in [0.2, 0.25) is 0 Å². The van der Waals surface area contributed by atoms with Crippen LogP contribution in [0.15, 0.2) is 30.5 Å². The van der Waals surface area contributed by atoms with E-state index in [9.17, 15) is 0 Å². The Morgan fingerprint density at radius 2 is 2.17 bits per heavy atom. The van der Waals surface area contributed by atoms with E-state index in [0.717, 1.165) is 21.0 Å². The van der Waals surface area contributed by atoms with Crippen LogP contribution in [0.5, 0.6) is 0 Å². The average Bonchev–Trinajstić information content (AvgIpc) is 2.97. The van der Waals surface area contributed by atoms with Gasteiger partial charge in [-0.15, -0.1) is 16.4 Å². The Hall–Kier alpha value is -0.910. The summed E-state index contributed by atoms with van der Waals surface area (Å²) in [6.07, 6.45) is 1.93. The first kappa shape index (κ1) is 12.1. The second-order valence-corrected chi connectivity index (χ2v) is 5.95. The molecule has 0 fully saturated rings. The molecule has 0 bridgehead atoms. The molecule has 0 saturated heterocycles. The summed E-state index contributed by atoms with van der Waals surface area (Å²) < 4.78 is 3.02. The van der Waals surface area contributed by atoms with Crippen LogP contribution in [0.25, 0.3) is 10.1 Å². The second kappa shape index (κ2) is 4.99. The standard InChI is InChI=1S/C12H9BrClN3S/c13-5-8-6-17(16-15-8)7-11-12(14)9-3-1-2-4-10(9)18-11/h1-4,6H,5,7H2. The van der Waals surface area contributed by atoms with E-state index in [-0.39, 0.29) is 0 Å². The topological polar surface area (TPSA) is 30.7 Å². The van der Waals surface area contributed by atoms with Gasteiger partial charge in [0.25, 0.3) is 0 Å². The van der Waals surface area contributed by atoms with Crippen LogP contribution in [0.1, 0.15) is 10.6 Å². The summed E-state index contributed by atoms with van der Waals surface area (Å²) >= 11 is 11.5. The smallest absolute Gasteiger partial charge is 0.0932 e. The maximum absolute atomic E-state index is 6.39. The number of benzene rings is 1. The van der Waals surface area contributed by atoms with Gasteiger partial charge >= 0.3 is 0 Å². The summed E-state index contributed by atoms with van der Waals surface area (Å²) in [5.41, 5.74) is 0.923. The largest absolute Gasteiger partial charge is 0.247 e. The predicted molar refractivity (Wildman–Crippen MR) is 78.6 cm³/mol. The van der Waals surface area contributed by atoms with E-state index in [1.54, 1.807) is 11.3 Å². The quantitative estimate of drug-likeness (QED) is 0.671. The Morgan fingerprint density at radius 1 is 1.33 bits per heavy atom. The molecule has 0 radical (unpaired) electrons. The first-order valence-electron chi connectivity index (χ1n) is 5.39. The van der Waals surface area contributed by atoms with E-state index in [2.05, 4.69) is 32.3 Å². The number of rotatable bonds is 3. The summed E-state index contributed by atoms with van der Waals surface area (Å²) in [6, 6.07) is 8.16. The second-order valence-electron chi connectivity index (χ2n) is 3.88. The number of halogens is 2. The van der Waals surface area contributed by atoms with Crippen molar-refractivity contribution in [3.05, 3.63) is 46.1 Å². The number of hydrogen-bond acceptors (Lipinski definition) is 3. The number of alkyl halides is 1. The molecule has 0 spiro atoms. The molecule has 3 aromatic rings. The summed E-state index contributed by atoms with van der Waals surface area (Å²) in [4.78, 5) is 1.11. The van der Waals surface area contributed by atoms with Crippen LogP contribution in [0, 0.1) is 0 Å². The highest BCUT2D eigenvalue weighted by Crippen LogP contribution is 2.35. The first-order chi connectivity index (χ1) is 8.78. The fraction of sp³-hybridized carbons (Fsp3) is 0.167. The maximum atomic E-state index is 6.39. The van der Waals surface area contributed by atoms with Crippen LogP contribution < -0.4 is 0 Å². The first-order valence-corrected chi connectivity index (χ1v) is 7.70. The lowest BCUT2D eigenvalue weighted by Crippen LogP contribution is -1.98. The molecule has 0 aliphatic rings. The molecule has 2 heterocycles. The van der Waals surface area contributed by atoms with Crippen LogP contribution in [-0.4, -0.2) is 15.0 Å². The van der Waals surface area contributed by atoms with Crippen molar-refractivity contribution >= 4 is 49.0 Å². The van der Waals surface area contributed by atoms with Gasteiger partial charge in [-0.2, -0.15) is 0 Å².